The Labute approximate surface area is 91.6 Å². The summed E-state index contributed by atoms with van der Waals surface area (Å²) in [6.45, 7) is 0. The summed E-state index contributed by atoms with van der Waals surface area (Å²) in [5, 5.41) is 2.34. The number of hydrogen-bond acceptors (Lipinski definition) is 2. The number of amides is 1. The van der Waals surface area contributed by atoms with Gasteiger partial charge in [0.1, 0.15) is 5.69 Å². The molecule has 0 heterocycles. The normalized spacial score (nSPS) is 15.6. The summed E-state index contributed by atoms with van der Waals surface area (Å²) < 4.78 is 26.3. The van der Waals surface area contributed by atoms with E-state index in [4.69, 9.17) is 5.73 Å². The predicted octanol–water partition coefficient (Wildman–Crippen LogP) is 2.29. The van der Waals surface area contributed by atoms with Gasteiger partial charge in [-0.1, -0.05) is 6.42 Å². The number of anilines is 2. The molecule has 1 saturated carbocycles. The van der Waals surface area contributed by atoms with Gasteiger partial charge in [-0.05, 0) is 25.0 Å². The highest BCUT2D eigenvalue weighted by Gasteiger charge is 2.26. The minimum absolute atomic E-state index is 0.0339. The summed E-state index contributed by atoms with van der Waals surface area (Å²) in [6, 6.07) is 2.17. The molecule has 0 saturated heterocycles. The lowest BCUT2D eigenvalue weighted by Crippen LogP contribution is -2.28. The Morgan fingerprint density at radius 2 is 2.06 bits per heavy atom. The minimum Gasteiger partial charge on any atom is -0.397 e. The number of nitrogen functional groups attached to an aromatic ring is 1. The molecule has 16 heavy (non-hydrogen) atoms. The van der Waals surface area contributed by atoms with Crippen LogP contribution >= 0.6 is 0 Å². The van der Waals surface area contributed by atoms with Crippen molar-refractivity contribution in [2.75, 3.05) is 11.1 Å². The van der Waals surface area contributed by atoms with Gasteiger partial charge in [0.25, 0.3) is 0 Å². The van der Waals surface area contributed by atoms with Crippen LogP contribution in [0.4, 0.5) is 20.2 Å². The van der Waals surface area contributed by atoms with Crippen LogP contribution in [0.5, 0.6) is 0 Å². The highest BCUT2D eigenvalue weighted by Crippen LogP contribution is 2.30. The molecule has 0 atom stereocenters. The van der Waals surface area contributed by atoms with Crippen molar-refractivity contribution in [1.29, 1.82) is 0 Å². The molecule has 0 unspecified atom stereocenters. The standard InChI is InChI=1S/C11H12F2N2O/c12-7-4-5-8(14)10(9(7)13)15-11(16)6-2-1-3-6/h4-6H,1-3,14H2,(H,15,16). The predicted molar refractivity (Wildman–Crippen MR) is 56.7 cm³/mol. The molecule has 0 bridgehead atoms. The largest absolute Gasteiger partial charge is 0.397 e. The molecule has 2 rings (SSSR count). The third-order valence-electron chi connectivity index (χ3n) is 2.85. The summed E-state index contributed by atoms with van der Waals surface area (Å²) in [6.07, 6.45) is 2.59. The Morgan fingerprint density at radius 3 is 2.62 bits per heavy atom. The van der Waals surface area contributed by atoms with E-state index in [-0.39, 0.29) is 23.2 Å². The Kier molecular flexibility index (Phi) is 2.77. The maximum absolute atomic E-state index is 13.3. The fraction of sp³-hybridized carbons (Fsp3) is 0.364. The zero-order chi connectivity index (χ0) is 11.7. The van der Waals surface area contributed by atoms with E-state index in [1.54, 1.807) is 0 Å². The van der Waals surface area contributed by atoms with Crippen LogP contribution in [0.15, 0.2) is 12.1 Å². The second-order valence-corrected chi connectivity index (χ2v) is 3.94. The first-order valence-electron chi connectivity index (χ1n) is 5.14. The molecule has 0 radical (unpaired) electrons. The average molecular weight is 226 g/mol. The van der Waals surface area contributed by atoms with Crippen molar-refractivity contribution >= 4 is 17.3 Å². The highest BCUT2D eigenvalue weighted by molar-refractivity contribution is 5.95. The molecular formula is C11H12F2N2O. The molecule has 1 aliphatic rings. The van der Waals surface area contributed by atoms with Crippen LogP contribution in [0.25, 0.3) is 0 Å². The Hall–Kier alpha value is -1.65. The molecule has 3 nitrogen and oxygen atoms in total. The van der Waals surface area contributed by atoms with Crippen LogP contribution in [0.1, 0.15) is 19.3 Å². The Balaban J connectivity index is 2.19. The fourth-order valence-electron chi connectivity index (χ4n) is 1.59. The number of nitrogens with one attached hydrogen (secondary N) is 1. The maximum Gasteiger partial charge on any atom is 0.227 e. The van der Waals surface area contributed by atoms with Crippen molar-refractivity contribution in [3.8, 4) is 0 Å². The average Bonchev–Trinajstić information content (AvgIpc) is 2.16. The summed E-state index contributed by atoms with van der Waals surface area (Å²) in [4.78, 5) is 11.6. The number of benzene rings is 1. The van der Waals surface area contributed by atoms with E-state index in [1.165, 1.54) is 6.07 Å². The van der Waals surface area contributed by atoms with Crippen molar-refractivity contribution in [3.63, 3.8) is 0 Å². The molecule has 1 fully saturated rings. The fourth-order valence-corrected chi connectivity index (χ4v) is 1.59. The first kappa shape index (κ1) is 10.9. The van der Waals surface area contributed by atoms with Crippen LogP contribution in [-0.4, -0.2) is 5.91 Å². The first-order valence-corrected chi connectivity index (χ1v) is 5.14. The van der Waals surface area contributed by atoms with Crippen molar-refractivity contribution in [3.05, 3.63) is 23.8 Å². The summed E-state index contributed by atoms with van der Waals surface area (Å²) in [5.41, 5.74) is 5.26. The monoisotopic (exact) mass is 226 g/mol. The number of rotatable bonds is 2. The number of nitrogens with two attached hydrogens (primary N) is 1. The van der Waals surface area contributed by atoms with Gasteiger partial charge in [0, 0.05) is 5.92 Å². The van der Waals surface area contributed by atoms with Crippen molar-refractivity contribution in [1.82, 2.24) is 0 Å². The van der Waals surface area contributed by atoms with Crippen LogP contribution in [0.2, 0.25) is 0 Å². The summed E-state index contributed by atoms with van der Waals surface area (Å²) in [7, 11) is 0. The van der Waals surface area contributed by atoms with Crippen molar-refractivity contribution < 1.29 is 13.6 Å². The molecule has 0 aromatic heterocycles. The van der Waals surface area contributed by atoms with Gasteiger partial charge in [-0.25, -0.2) is 8.78 Å². The van der Waals surface area contributed by atoms with Crippen molar-refractivity contribution in [2.45, 2.75) is 19.3 Å². The lowest BCUT2D eigenvalue weighted by Gasteiger charge is -2.24. The molecule has 1 aliphatic carbocycles. The van der Waals surface area contributed by atoms with Gasteiger partial charge in [0.05, 0.1) is 5.69 Å². The second-order valence-electron chi connectivity index (χ2n) is 3.94. The van der Waals surface area contributed by atoms with Gasteiger partial charge in [-0.3, -0.25) is 4.79 Å². The lowest BCUT2D eigenvalue weighted by molar-refractivity contribution is -0.122. The maximum atomic E-state index is 13.3. The van der Waals surface area contributed by atoms with Crippen molar-refractivity contribution in [2.24, 2.45) is 5.92 Å². The summed E-state index contributed by atoms with van der Waals surface area (Å²) in [5.74, 6) is -2.50. The van der Waals surface area contributed by atoms with Gasteiger partial charge in [0.2, 0.25) is 5.91 Å². The number of carbonyl (C=O) groups excluding carboxylic acids is 1. The molecule has 3 N–H and O–H groups in total. The smallest absolute Gasteiger partial charge is 0.227 e. The van der Waals surface area contributed by atoms with E-state index in [0.717, 1.165) is 25.3 Å². The van der Waals surface area contributed by atoms with E-state index in [1.807, 2.05) is 0 Å². The van der Waals surface area contributed by atoms with Crippen LogP contribution in [-0.2, 0) is 4.79 Å². The minimum atomic E-state index is -1.10. The van der Waals surface area contributed by atoms with Gasteiger partial charge < -0.3 is 11.1 Å². The quantitative estimate of drug-likeness (QED) is 0.760. The van der Waals surface area contributed by atoms with Crippen LogP contribution in [0.3, 0.4) is 0 Å². The third-order valence-corrected chi connectivity index (χ3v) is 2.85. The summed E-state index contributed by atoms with van der Waals surface area (Å²) >= 11 is 0. The van der Waals surface area contributed by atoms with Gasteiger partial charge in [0.15, 0.2) is 11.6 Å². The Bertz CT molecular complexity index is 430. The van der Waals surface area contributed by atoms with Crippen LogP contribution in [0, 0.1) is 17.6 Å². The lowest BCUT2D eigenvalue weighted by atomic mass is 9.85. The molecule has 1 aromatic rings. The third kappa shape index (κ3) is 1.85. The van der Waals surface area contributed by atoms with Gasteiger partial charge >= 0.3 is 0 Å². The molecule has 1 aromatic carbocycles. The van der Waals surface area contributed by atoms with Crippen LogP contribution < -0.4 is 11.1 Å². The highest BCUT2D eigenvalue weighted by atomic mass is 19.2. The Morgan fingerprint density at radius 1 is 1.38 bits per heavy atom. The first-order chi connectivity index (χ1) is 7.59. The molecule has 0 aliphatic heterocycles. The SMILES string of the molecule is Nc1ccc(F)c(F)c1NC(=O)C1CCC1. The molecule has 1 amide bonds. The van der Waals surface area contributed by atoms with E-state index in [2.05, 4.69) is 5.32 Å². The zero-order valence-corrected chi connectivity index (χ0v) is 8.59. The van der Waals surface area contributed by atoms with E-state index in [0.29, 0.717) is 0 Å². The molecule has 86 valence electrons. The molecular weight excluding hydrogens is 214 g/mol. The van der Waals surface area contributed by atoms with E-state index < -0.39 is 11.6 Å². The van der Waals surface area contributed by atoms with E-state index in [9.17, 15) is 13.6 Å². The second kappa shape index (κ2) is 4.08. The molecule has 0 spiro atoms. The van der Waals surface area contributed by atoms with Gasteiger partial charge in [-0.2, -0.15) is 0 Å². The topological polar surface area (TPSA) is 55.1 Å². The number of halogens is 2. The number of carbonyl (C=O) groups is 1. The zero-order valence-electron chi connectivity index (χ0n) is 8.59. The van der Waals surface area contributed by atoms with E-state index >= 15 is 0 Å². The van der Waals surface area contributed by atoms with Gasteiger partial charge in [-0.15, -0.1) is 0 Å². The molecule has 5 heteroatoms. The number of hydrogen-bond donors (Lipinski definition) is 2.